The van der Waals surface area contributed by atoms with E-state index in [1.807, 2.05) is 0 Å². The van der Waals surface area contributed by atoms with Gasteiger partial charge in [0.2, 0.25) is 5.95 Å². The van der Waals surface area contributed by atoms with E-state index < -0.39 is 29.6 Å². The van der Waals surface area contributed by atoms with Crippen LogP contribution < -0.4 is 11.3 Å². The number of aliphatic hydroxyl groups is 2. The second kappa shape index (κ2) is 4.01. The fraction of sp³-hybridized carbons (Fsp3) is 0.545. The van der Waals surface area contributed by atoms with Crippen molar-refractivity contribution >= 4 is 17.1 Å². The molecule has 2 aliphatic rings. The minimum atomic E-state index is -1.15. The van der Waals surface area contributed by atoms with Crippen LogP contribution in [-0.2, 0) is 9.47 Å². The molecule has 4 unspecified atom stereocenters. The fourth-order valence-electron chi connectivity index (χ4n) is 2.88. The van der Waals surface area contributed by atoms with E-state index in [9.17, 15) is 15.0 Å². The lowest BCUT2D eigenvalue weighted by molar-refractivity contribution is -0.185. The van der Waals surface area contributed by atoms with Gasteiger partial charge in [-0.1, -0.05) is 0 Å². The molecule has 10 nitrogen and oxygen atoms in total. The Labute approximate surface area is 117 Å². The van der Waals surface area contributed by atoms with Gasteiger partial charge in [-0.15, -0.1) is 0 Å². The number of ether oxygens (including phenoxy) is 2. The summed E-state index contributed by atoms with van der Waals surface area (Å²) in [5.41, 5.74) is 4.27. The number of hydrogen-bond acceptors (Lipinski definition) is 8. The number of rotatable bonds is 2. The number of nitrogens with zero attached hydrogens (tertiary/aromatic N) is 3. The van der Waals surface area contributed by atoms with Gasteiger partial charge < -0.3 is 25.4 Å². The Morgan fingerprint density at radius 2 is 2.43 bits per heavy atom. The van der Waals surface area contributed by atoms with Crippen molar-refractivity contribution in [2.45, 2.75) is 24.0 Å². The van der Waals surface area contributed by atoms with Crippen molar-refractivity contribution in [3.8, 4) is 0 Å². The minimum absolute atomic E-state index is 0.0456. The van der Waals surface area contributed by atoms with Crippen LogP contribution in [0.25, 0.3) is 11.2 Å². The predicted octanol–water partition coefficient (Wildman–Crippen LogP) is -2.28. The highest BCUT2D eigenvalue weighted by molar-refractivity contribution is 5.70. The van der Waals surface area contributed by atoms with E-state index >= 15 is 0 Å². The molecule has 0 saturated carbocycles. The standard InChI is InChI=1S/C11H13N5O5/c12-10-14-7-4(8(19)15-10)13-3-16(7)9-5-6(18)11(1-17,21-9)2-20-5/h3,5-6,9,17-18H,1-2H2,(H3,12,14,15,19). The molecule has 2 saturated heterocycles. The predicted molar refractivity (Wildman–Crippen MR) is 68.2 cm³/mol. The van der Waals surface area contributed by atoms with E-state index in [-0.39, 0.29) is 30.3 Å². The first-order valence-corrected chi connectivity index (χ1v) is 6.36. The van der Waals surface area contributed by atoms with Gasteiger partial charge in [0.15, 0.2) is 17.4 Å². The summed E-state index contributed by atoms with van der Waals surface area (Å²) in [4.78, 5) is 22.1. The van der Waals surface area contributed by atoms with Gasteiger partial charge in [-0.2, -0.15) is 4.98 Å². The number of imidazole rings is 1. The third-order valence-corrected chi connectivity index (χ3v) is 4.00. The van der Waals surface area contributed by atoms with Crippen LogP contribution in [0.15, 0.2) is 11.1 Å². The third kappa shape index (κ3) is 1.52. The van der Waals surface area contributed by atoms with Crippen LogP contribution in [0.3, 0.4) is 0 Å². The summed E-state index contributed by atoms with van der Waals surface area (Å²) >= 11 is 0. The molecule has 10 heteroatoms. The largest absolute Gasteiger partial charge is 0.393 e. The van der Waals surface area contributed by atoms with Crippen molar-refractivity contribution in [2.24, 2.45) is 0 Å². The number of H-pyrrole nitrogens is 1. The first-order chi connectivity index (χ1) is 10.1. The summed E-state index contributed by atoms with van der Waals surface area (Å²) in [6.07, 6.45) is -1.00. The minimum Gasteiger partial charge on any atom is -0.393 e. The van der Waals surface area contributed by atoms with E-state index in [0.29, 0.717) is 0 Å². The number of nitrogen functional groups attached to an aromatic ring is 1. The van der Waals surface area contributed by atoms with Crippen molar-refractivity contribution in [2.75, 3.05) is 18.9 Å². The van der Waals surface area contributed by atoms with Gasteiger partial charge >= 0.3 is 0 Å². The summed E-state index contributed by atoms with van der Waals surface area (Å²) in [6.45, 7) is -0.265. The Balaban J connectivity index is 1.84. The second-order valence-corrected chi connectivity index (χ2v) is 5.23. The zero-order chi connectivity index (χ0) is 14.8. The molecular formula is C11H13N5O5. The normalized spacial score (nSPS) is 34.9. The molecule has 0 aliphatic carbocycles. The molecule has 2 aliphatic heterocycles. The van der Waals surface area contributed by atoms with Gasteiger partial charge in [0.1, 0.15) is 17.8 Å². The lowest BCUT2D eigenvalue weighted by Gasteiger charge is -2.29. The number of nitrogens with two attached hydrogens (primary N) is 1. The van der Waals surface area contributed by atoms with Gasteiger partial charge in [0.25, 0.3) is 5.56 Å². The first-order valence-electron chi connectivity index (χ1n) is 6.36. The summed E-state index contributed by atoms with van der Waals surface area (Å²) in [6, 6.07) is 0. The van der Waals surface area contributed by atoms with Gasteiger partial charge in [-0.05, 0) is 0 Å². The van der Waals surface area contributed by atoms with E-state index in [1.165, 1.54) is 10.9 Å². The molecule has 4 atom stereocenters. The number of aromatic nitrogens is 4. The highest BCUT2D eigenvalue weighted by Gasteiger charge is 2.61. The van der Waals surface area contributed by atoms with Crippen LogP contribution in [0, 0.1) is 0 Å². The first kappa shape index (κ1) is 12.7. The zero-order valence-corrected chi connectivity index (χ0v) is 10.8. The summed E-state index contributed by atoms with van der Waals surface area (Å²) in [7, 11) is 0. The van der Waals surface area contributed by atoms with Crippen LogP contribution >= 0.6 is 0 Å². The molecule has 2 aromatic rings. The maximum atomic E-state index is 11.8. The number of nitrogens with one attached hydrogen (secondary N) is 1. The molecule has 5 N–H and O–H groups in total. The van der Waals surface area contributed by atoms with E-state index in [0.717, 1.165) is 0 Å². The average molecular weight is 295 g/mol. The number of aromatic amines is 1. The summed E-state index contributed by atoms with van der Waals surface area (Å²) in [5, 5.41) is 19.6. The lowest BCUT2D eigenvalue weighted by atomic mass is 10.0. The number of anilines is 1. The highest BCUT2D eigenvalue weighted by Crippen LogP contribution is 2.45. The fourth-order valence-corrected chi connectivity index (χ4v) is 2.88. The van der Waals surface area contributed by atoms with Crippen LogP contribution in [-0.4, -0.2) is 60.8 Å². The molecule has 4 heterocycles. The van der Waals surface area contributed by atoms with Crippen molar-refractivity contribution < 1.29 is 19.7 Å². The van der Waals surface area contributed by atoms with Crippen LogP contribution in [0.4, 0.5) is 5.95 Å². The van der Waals surface area contributed by atoms with Crippen LogP contribution in [0.1, 0.15) is 6.23 Å². The van der Waals surface area contributed by atoms with Crippen LogP contribution in [0.2, 0.25) is 0 Å². The second-order valence-electron chi connectivity index (χ2n) is 5.23. The van der Waals surface area contributed by atoms with E-state index in [2.05, 4.69) is 15.0 Å². The van der Waals surface area contributed by atoms with E-state index in [4.69, 9.17) is 15.2 Å². The highest BCUT2D eigenvalue weighted by atomic mass is 16.7. The molecule has 0 spiro atoms. The van der Waals surface area contributed by atoms with Gasteiger partial charge in [-0.3, -0.25) is 14.3 Å². The Hall–Kier alpha value is -2.01. The van der Waals surface area contributed by atoms with E-state index in [1.54, 1.807) is 0 Å². The Morgan fingerprint density at radius 1 is 1.62 bits per heavy atom. The maximum Gasteiger partial charge on any atom is 0.280 e. The quantitative estimate of drug-likeness (QED) is 0.484. The molecule has 2 aromatic heterocycles. The summed E-state index contributed by atoms with van der Waals surface area (Å²) in [5.74, 6) is -0.0456. The molecule has 4 rings (SSSR count). The van der Waals surface area contributed by atoms with Gasteiger partial charge in [0, 0.05) is 0 Å². The number of fused-ring (bicyclic) bond motifs is 3. The SMILES string of the molecule is Nc1nc2c(ncn2C2OC3(CO)COC2C3O)c(=O)[nH]1. The third-order valence-electron chi connectivity index (χ3n) is 4.00. The molecule has 0 radical (unpaired) electrons. The smallest absolute Gasteiger partial charge is 0.280 e. The Bertz CT molecular complexity index is 772. The average Bonchev–Trinajstić information content (AvgIpc) is 3.09. The van der Waals surface area contributed by atoms with Crippen LogP contribution in [0.5, 0.6) is 0 Å². The Morgan fingerprint density at radius 3 is 3.14 bits per heavy atom. The molecule has 0 aromatic carbocycles. The molecule has 112 valence electrons. The Kier molecular flexibility index (Phi) is 2.43. The van der Waals surface area contributed by atoms with Gasteiger partial charge in [-0.25, -0.2) is 4.98 Å². The summed E-state index contributed by atoms with van der Waals surface area (Å²) < 4.78 is 12.7. The number of hydrogen-bond donors (Lipinski definition) is 4. The molecular weight excluding hydrogens is 282 g/mol. The molecule has 21 heavy (non-hydrogen) atoms. The number of aliphatic hydroxyl groups excluding tert-OH is 2. The van der Waals surface area contributed by atoms with Gasteiger partial charge in [0.05, 0.1) is 19.5 Å². The molecule has 2 bridgehead atoms. The zero-order valence-electron chi connectivity index (χ0n) is 10.8. The maximum absolute atomic E-state index is 11.8. The van der Waals surface area contributed by atoms with Crippen molar-refractivity contribution in [3.05, 3.63) is 16.7 Å². The van der Waals surface area contributed by atoms with Crippen molar-refractivity contribution in [1.82, 2.24) is 19.5 Å². The topological polar surface area (TPSA) is 149 Å². The molecule has 0 amide bonds. The van der Waals surface area contributed by atoms with Crippen molar-refractivity contribution in [3.63, 3.8) is 0 Å². The monoisotopic (exact) mass is 295 g/mol. The lowest BCUT2D eigenvalue weighted by Crippen LogP contribution is -2.44. The molecule has 2 fully saturated rings. The van der Waals surface area contributed by atoms with Crippen molar-refractivity contribution in [1.29, 1.82) is 0 Å².